The van der Waals surface area contributed by atoms with Crippen LogP contribution in [-0.4, -0.2) is 37.0 Å². The molecule has 0 aromatic heterocycles. The average Bonchev–Trinajstić information content (AvgIpc) is 2.29. The zero-order valence-corrected chi connectivity index (χ0v) is 14.0. The number of ether oxygens (including phenoxy) is 3. The van der Waals surface area contributed by atoms with Crippen LogP contribution in [0.1, 0.15) is 41.5 Å². The van der Waals surface area contributed by atoms with Crippen LogP contribution in [0.4, 0.5) is 0 Å². The van der Waals surface area contributed by atoms with Gasteiger partial charge >= 0.3 is 11.9 Å². The Balaban J connectivity index is 5.10. The molecule has 0 aromatic carbocycles. The van der Waals surface area contributed by atoms with Crippen LogP contribution in [0.15, 0.2) is 11.6 Å². The van der Waals surface area contributed by atoms with E-state index in [0.29, 0.717) is 5.57 Å². The zero-order valence-electron chi connectivity index (χ0n) is 14.0. The van der Waals surface area contributed by atoms with Gasteiger partial charge in [0.25, 0.3) is 0 Å². The third-order valence-corrected chi connectivity index (χ3v) is 2.30. The number of hydrogen-bond donors (Lipinski definition) is 1. The summed E-state index contributed by atoms with van der Waals surface area (Å²) in [6, 6.07) is 0. The molecule has 0 saturated heterocycles. The highest BCUT2D eigenvalue weighted by Crippen LogP contribution is 2.16. The molecule has 0 rings (SSSR count). The fourth-order valence-electron chi connectivity index (χ4n) is 1.40. The van der Waals surface area contributed by atoms with Gasteiger partial charge in [0.2, 0.25) is 0 Å². The van der Waals surface area contributed by atoms with Gasteiger partial charge in [-0.25, -0.2) is 4.79 Å². The second kappa shape index (κ2) is 7.56. The van der Waals surface area contributed by atoms with Crippen LogP contribution in [-0.2, 0) is 23.8 Å². The summed E-state index contributed by atoms with van der Waals surface area (Å²) in [4.78, 5) is 23.6. The summed E-state index contributed by atoms with van der Waals surface area (Å²) in [5, 5.41) is 0. The van der Waals surface area contributed by atoms with Gasteiger partial charge in [0.1, 0.15) is 11.3 Å². The van der Waals surface area contributed by atoms with Crippen molar-refractivity contribution in [2.75, 3.05) is 13.7 Å². The van der Waals surface area contributed by atoms with Crippen LogP contribution in [0.5, 0.6) is 0 Å². The molecule has 6 heteroatoms. The van der Waals surface area contributed by atoms with Gasteiger partial charge in [-0.2, -0.15) is 0 Å². The summed E-state index contributed by atoms with van der Waals surface area (Å²) < 4.78 is 15.4. The fourth-order valence-corrected chi connectivity index (χ4v) is 1.40. The van der Waals surface area contributed by atoms with Gasteiger partial charge in [0.05, 0.1) is 19.6 Å². The summed E-state index contributed by atoms with van der Waals surface area (Å²) in [6.07, 6.45) is 1.48. The summed E-state index contributed by atoms with van der Waals surface area (Å²) in [5.41, 5.74) is 4.55. The Hall–Kier alpha value is -1.40. The molecule has 0 spiro atoms. The van der Waals surface area contributed by atoms with Crippen molar-refractivity contribution < 1.29 is 23.8 Å². The lowest BCUT2D eigenvalue weighted by molar-refractivity contribution is -0.161. The van der Waals surface area contributed by atoms with Crippen LogP contribution in [0.2, 0.25) is 0 Å². The number of hydrogen-bond acceptors (Lipinski definition) is 6. The molecule has 6 nitrogen and oxygen atoms in total. The van der Waals surface area contributed by atoms with Crippen molar-refractivity contribution in [1.82, 2.24) is 0 Å². The highest BCUT2D eigenvalue weighted by molar-refractivity contribution is 5.89. The van der Waals surface area contributed by atoms with Gasteiger partial charge in [-0.3, -0.25) is 4.79 Å². The Kier molecular flexibility index (Phi) is 7.06. The average molecular weight is 301 g/mol. The van der Waals surface area contributed by atoms with Gasteiger partial charge < -0.3 is 19.9 Å². The molecule has 2 N–H and O–H groups in total. The van der Waals surface area contributed by atoms with Gasteiger partial charge in [-0.1, -0.05) is 6.08 Å². The van der Waals surface area contributed by atoms with E-state index < -0.39 is 29.2 Å². The highest BCUT2D eigenvalue weighted by Gasteiger charge is 2.26. The molecular formula is C15H27NO5. The van der Waals surface area contributed by atoms with E-state index in [2.05, 4.69) is 4.74 Å². The monoisotopic (exact) mass is 301 g/mol. The molecule has 0 saturated carbocycles. The van der Waals surface area contributed by atoms with Gasteiger partial charge in [0.15, 0.2) is 0 Å². The number of rotatable bonds is 6. The molecule has 0 aliphatic carbocycles. The molecule has 1 unspecified atom stereocenters. The molecule has 21 heavy (non-hydrogen) atoms. The van der Waals surface area contributed by atoms with E-state index in [9.17, 15) is 9.59 Å². The smallest absolute Gasteiger partial charge is 0.333 e. The van der Waals surface area contributed by atoms with Crippen molar-refractivity contribution in [1.29, 1.82) is 0 Å². The first-order valence-electron chi connectivity index (χ1n) is 6.78. The van der Waals surface area contributed by atoms with E-state index in [1.165, 1.54) is 13.2 Å². The standard InChI is InChI=1S/C15H27NO5/c1-10(12(17)19-7)8-11(9-20-15(5,6)16)13(18)21-14(2,3)4/h8,11H,9,16H2,1-7H3. The maximum atomic E-state index is 12.2. The first-order valence-corrected chi connectivity index (χ1v) is 6.78. The largest absolute Gasteiger partial charge is 0.466 e. The molecule has 0 fully saturated rings. The van der Waals surface area contributed by atoms with E-state index in [4.69, 9.17) is 15.2 Å². The first-order chi connectivity index (χ1) is 9.35. The number of carbonyl (C=O) groups is 2. The zero-order chi connectivity index (χ0) is 16.8. The van der Waals surface area contributed by atoms with Crippen LogP contribution in [0, 0.1) is 5.92 Å². The lowest BCUT2D eigenvalue weighted by atomic mass is 10.1. The van der Waals surface area contributed by atoms with Crippen molar-refractivity contribution in [2.24, 2.45) is 11.7 Å². The first kappa shape index (κ1) is 19.6. The van der Waals surface area contributed by atoms with Crippen LogP contribution in [0.3, 0.4) is 0 Å². The highest BCUT2D eigenvalue weighted by atomic mass is 16.6. The summed E-state index contributed by atoms with van der Waals surface area (Å²) in [5.74, 6) is -1.71. The van der Waals surface area contributed by atoms with E-state index in [-0.39, 0.29) is 6.61 Å². The molecule has 0 bridgehead atoms. The van der Waals surface area contributed by atoms with Gasteiger partial charge in [0, 0.05) is 5.57 Å². The quantitative estimate of drug-likeness (QED) is 0.457. The minimum Gasteiger partial charge on any atom is -0.466 e. The van der Waals surface area contributed by atoms with Crippen LogP contribution in [0.25, 0.3) is 0 Å². The van der Waals surface area contributed by atoms with E-state index in [0.717, 1.165) is 0 Å². The third kappa shape index (κ3) is 9.20. The molecule has 122 valence electrons. The Morgan fingerprint density at radius 2 is 1.71 bits per heavy atom. The predicted molar refractivity (Wildman–Crippen MR) is 79.3 cm³/mol. The predicted octanol–water partition coefficient (Wildman–Crippen LogP) is 1.77. The lowest BCUT2D eigenvalue weighted by Crippen LogP contribution is -2.39. The SMILES string of the molecule is COC(=O)C(C)=CC(COC(C)(C)N)C(=O)OC(C)(C)C. The molecule has 0 amide bonds. The Morgan fingerprint density at radius 3 is 2.10 bits per heavy atom. The number of esters is 2. The topological polar surface area (TPSA) is 87.9 Å². The van der Waals surface area contributed by atoms with Crippen molar-refractivity contribution in [3.05, 3.63) is 11.6 Å². The maximum absolute atomic E-state index is 12.2. The lowest BCUT2D eigenvalue weighted by Gasteiger charge is -2.25. The van der Waals surface area contributed by atoms with Crippen molar-refractivity contribution in [3.63, 3.8) is 0 Å². The Labute approximate surface area is 126 Å². The number of carbonyl (C=O) groups excluding carboxylic acids is 2. The number of nitrogens with two attached hydrogens (primary N) is 1. The molecule has 0 aliphatic rings. The second-order valence-corrected chi connectivity index (χ2v) is 6.40. The third-order valence-electron chi connectivity index (χ3n) is 2.30. The van der Waals surface area contributed by atoms with Crippen molar-refractivity contribution >= 4 is 11.9 Å². The van der Waals surface area contributed by atoms with Crippen LogP contribution >= 0.6 is 0 Å². The normalized spacial score (nSPS) is 14.6. The molecule has 0 heterocycles. The molecule has 0 aromatic rings. The van der Waals surface area contributed by atoms with Gasteiger partial charge in [-0.15, -0.1) is 0 Å². The van der Waals surface area contributed by atoms with E-state index in [1.54, 1.807) is 41.5 Å². The molecular weight excluding hydrogens is 274 g/mol. The van der Waals surface area contributed by atoms with E-state index >= 15 is 0 Å². The number of methoxy groups -OCH3 is 1. The van der Waals surface area contributed by atoms with E-state index in [1.807, 2.05) is 0 Å². The Bertz CT molecular complexity index is 401. The molecule has 0 radical (unpaired) electrons. The summed E-state index contributed by atoms with van der Waals surface area (Å²) in [7, 11) is 1.28. The second-order valence-electron chi connectivity index (χ2n) is 6.40. The van der Waals surface area contributed by atoms with Crippen LogP contribution < -0.4 is 5.73 Å². The minimum absolute atomic E-state index is 0.0206. The summed E-state index contributed by atoms with van der Waals surface area (Å²) in [6.45, 7) is 10.3. The van der Waals surface area contributed by atoms with Crippen molar-refractivity contribution in [3.8, 4) is 0 Å². The Morgan fingerprint density at radius 1 is 1.19 bits per heavy atom. The molecule has 0 aliphatic heterocycles. The summed E-state index contributed by atoms with van der Waals surface area (Å²) >= 11 is 0. The minimum atomic E-state index is -0.882. The fraction of sp³-hybridized carbons (Fsp3) is 0.733. The maximum Gasteiger partial charge on any atom is 0.333 e. The van der Waals surface area contributed by atoms with Gasteiger partial charge in [-0.05, 0) is 41.5 Å². The van der Waals surface area contributed by atoms with Crippen molar-refractivity contribution in [2.45, 2.75) is 52.9 Å². The molecule has 1 atom stereocenters.